The van der Waals surface area contributed by atoms with Crippen LogP contribution in [0.4, 0.5) is 21.5 Å². The molecule has 9 aromatic carbocycles. The van der Waals surface area contributed by atoms with Crippen LogP contribution < -0.4 is 4.90 Å². The second-order valence-electron chi connectivity index (χ2n) is 13.4. The van der Waals surface area contributed by atoms with Gasteiger partial charge in [0.1, 0.15) is 11.4 Å². The maximum atomic E-state index is 13.9. The predicted molar refractivity (Wildman–Crippen MR) is 220 cm³/mol. The number of fused-ring (bicyclic) bond motifs is 5. The fraction of sp³-hybridized carbons (Fsp3) is 0. The lowest BCUT2D eigenvalue weighted by molar-refractivity contribution is 0.628. The molecule has 0 fully saturated rings. The van der Waals surface area contributed by atoms with Gasteiger partial charge in [-0.25, -0.2) is 4.39 Å². The molecule has 0 radical (unpaired) electrons. The fourth-order valence-electron chi connectivity index (χ4n) is 7.91. The van der Waals surface area contributed by atoms with Crippen molar-refractivity contribution in [2.75, 3.05) is 4.90 Å². The summed E-state index contributed by atoms with van der Waals surface area (Å²) in [5.41, 5.74) is 11.4. The van der Waals surface area contributed by atoms with Crippen LogP contribution in [0.15, 0.2) is 199 Å². The van der Waals surface area contributed by atoms with Crippen LogP contribution in [0.1, 0.15) is 0 Å². The monoisotopic (exact) mass is 681 g/mol. The van der Waals surface area contributed by atoms with Crippen molar-refractivity contribution in [3.63, 3.8) is 0 Å². The van der Waals surface area contributed by atoms with Crippen LogP contribution in [-0.4, -0.2) is 0 Å². The van der Waals surface area contributed by atoms with E-state index in [0.717, 1.165) is 77.4 Å². The summed E-state index contributed by atoms with van der Waals surface area (Å²) in [6.07, 6.45) is 0. The summed E-state index contributed by atoms with van der Waals surface area (Å²) in [7, 11) is 0. The van der Waals surface area contributed by atoms with Gasteiger partial charge >= 0.3 is 0 Å². The summed E-state index contributed by atoms with van der Waals surface area (Å²) >= 11 is 0. The first-order valence-electron chi connectivity index (χ1n) is 17.9. The third kappa shape index (κ3) is 5.25. The topological polar surface area (TPSA) is 16.4 Å². The molecule has 0 aliphatic carbocycles. The van der Waals surface area contributed by atoms with Crippen molar-refractivity contribution >= 4 is 60.5 Å². The van der Waals surface area contributed by atoms with Crippen molar-refractivity contribution in [1.29, 1.82) is 0 Å². The molecule has 1 aromatic heterocycles. The molecule has 0 unspecified atom stereocenters. The summed E-state index contributed by atoms with van der Waals surface area (Å²) in [6.45, 7) is 0. The van der Waals surface area contributed by atoms with Crippen LogP contribution in [0, 0.1) is 5.82 Å². The van der Waals surface area contributed by atoms with Crippen molar-refractivity contribution < 1.29 is 8.81 Å². The molecule has 0 atom stereocenters. The maximum absolute atomic E-state index is 13.9. The van der Waals surface area contributed by atoms with Gasteiger partial charge in [0, 0.05) is 21.8 Å². The van der Waals surface area contributed by atoms with E-state index in [1.54, 1.807) is 0 Å². The van der Waals surface area contributed by atoms with E-state index < -0.39 is 0 Å². The Kier molecular flexibility index (Phi) is 7.36. The minimum Gasteiger partial charge on any atom is -0.454 e. The van der Waals surface area contributed by atoms with E-state index in [9.17, 15) is 4.39 Å². The summed E-state index contributed by atoms with van der Waals surface area (Å²) in [5, 5.41) is 6.77. The average Bonchev–Trinajstić information content (AvgIpc) is 3.61. The number of anilines is 3. The van der Waals surface area contributed by atoms with E-state index in [4.69, 9.17) is 4.42 Å². The minimum atomic E-state index is -0.241. The SMILES string of the molecule is Fc1ccc(-c2cccc3cccc(-c4ccc(N(c5ccc(-c6ccccc6)c6ccccc56)c5cccc6c5oc5ccccc56)cc4)c23)cc1. The van der Waals surface area contributed by atoms with Gasteiger partial charge in [0.2, 0.25) is 0 Å². The van der Waals surface area contributed by atoms with E-state index in [0.29, 0.717) is 0 Å². The molecule has 0 aliphatic heterocycles. The number of benzene rings is 9. The van der Waals surface area contributed by atoms with Gasteiger partial charge in [-0.3, -0.25) is 0 Å². The number of halogens is 1. The van der Waals surface area contributed by atoms with E-state index in [1.165, 1.54) is 28.6 Å². The first kappa shape index (κ1) is 30.8. The number of furan rings is 1. The van der Waals surface area contributed by atoms with Gasteiger partial charge in [0.15, 0.2) is 5.58 Å². The molecule has 3 heteroatoms. The molecule has 0 bridgehead atoms. The van der Waals surface area contributed by atoms with E-state index in [1.807, 2.05) is 24.3 Å². The Bertz CT molecular complexity index is 2940. The number of hydrogen-bond acceptors (Lipinski definition) is 2. The third-order valence-corrected chi connectivity index (χ3v) is 10.3. The van der Waals surface area contributed by atoms with Crippen LogP contribution >= 0.6 is 0 Å². The van der Waals surface area contributed by atoms with Crippen LogP contribution in [0.25, 0.3) is 76.9 Å². The van der Waals surface area contributed by atoms with E-state index in [2.05, 4.69) is 163 Å². The second-order valence-corrected chi connectivity index (χ2v) is 13.4. The van der Waals surface area contributed by atoms with Crippen molar-refractivity contribution in [1.82, 2.24) is 0 Å². The lowest BCUT2D eigenvalue weighted by Gasteiger charge is -2.28. The number of hydrogen-bond donors (Lipinski definition) is 0. The molecule has 0 aliphatic rings. The molecule has 0 saturated carbocycles. The molecule has 10 aromatic rings. The van der Waals surface area contributed by atoms with Crippen LogP contribution in [0.5, 0.6) is 0 Å². The van der Waals surface area contributed by atoms with Gasteiger partial charge in [0.05, 0.1) is 11.4 Å². The Balaban J connectivity index is 1.18. The van der Waals surface area contributed by atoms with Crippen LogP contribution in [0.3, 0.4) is 0 Å². The summed E-state index contributed by atoms with van der Waals surface area (Å²) < 4.78 is 20.6. The minimum absolute atomic E-state index is 0.241. The predicted octanol–water partition coefficient (Wildman–Crippen LogP) is 14.5. The van der Waals surface area contributed by atoms with Gasteiger partial charge in [-0.2, -0.15) is 0 Å². The summed E-state index contributed by atoms with van der Waals surface area (Å²) in [5.74, 6) is -0.241. The largest absolute Gasteiger partial charge is 0.454 e. The number of para-hydroxylation sites is 2. The maximum Gasteiger partial charge on any atom is 0.159 e. The average molecular weight is 682 g/mol. The van der Waals surface area contributed by atoms with E-state index >= 15 is 0 Å². The molecule has 10 rings (SSSR count). The van der Waals surface area contributed by atoms with Gasteiger partial charge in [0.25, 0.3) is 0 Å². The molecule has 0 amide bonds. The molecule has 1 heterocycles. The molecule has 0 N–H and O–H groups in total. The second kappa shape index (κ2) is 12.7. The zero-order valence-corrected chi connectivity index (χ0v) is 28.7. The highest BCUT2D eigenvalue weighted by Crippen LogP contribution is 2.46. The Morgan fingerprint density at radius 2 is 0.962 bits per heavy atom. The number of nitrogens with zero attached hydrogens (tertiary/aromatic N) is 1. The highest BCUT2D eigenvalue weighted by molar-refractivity contribution is 6.13. The smallest absolute Gasteiger partial charge is 0.159 e. The van der Waals surface area contributed by atoms with Gasteiger partial charge < -0.3 is 9.32 Å². The van der Waals surface area contributed by atoms with Crippen molar-refractivity contribution in [2.24, 2.45) is 0 Å². The molecule has 53 heavy (non-hydrogen) atoms. The first-order valence-corrected chi connectivity index (χ1v) is 17.9. The molecule has 0 saturated heterocycles. The fourth-order valence-corrected chi connectivity index (χ4v) is 7.91. The molecule has 2 nitrogen and oxygen atoms in total. The highest BCUT2D eigenvalue weighted by Gasteiger charge is 2.22. The lowest BCUT2D eigenvalue weighted by Crippen LogP contribution is -2.11. The first-order chi connectivity index (χ1) is 26.2. The quantitative estimate of drug-likeness (QED) is 0.174. The van der Waals surface area contributed by atoms with Gasteiger partial charge in [-0.15, -0.1) is 0 Å². The van der Waals surface area contributed by atoms with Crippen molar-refractivity contribution in [2.45, 2.75) is 0 Å². The van der Waals surface area contributed by atoms with Crippen LogP contribution in [-0.2, 0) is 0 Å². The van der Waals surface area contributed by atoms with Gasteiger partial charge in [-0.1, -0.05) is 152 Å². The molecule has 0 spiro atoms. The Hall–Kier alpha value is -6.97. The zero-order chi connectivity index (χ0) is 35.3. The molecule has 250 valence electrons. The van der Waals surface area contributed by atoms with Gasteiger partial charge in [-0.05, 0) is 92.0 Å². The van der Waals surface area contributed by atoms with Crippen molar-refractivity contribution in [3.05, 3.63) is 200 Å². The normalized spacial score (nSPS) is 11.5. The third-order valence-electron chi connectivity index (χ3n) is 10.3. The van der Waals surface area contributed by atoms with Crippen molar-refractivity contribution in [3.8, 4) is 33.4 Å². The van der Waals surface area contributed by atoms with Crippen LogP contribution in [0.2, 0.25) is 0 Å². The Morgan fingerprint density at radius 1 is 0.377 bits per heavy atom. The highest BCUT2D eigenvalue weighted by atomic mass is 19.1. The molecular formula is C50H32FNO. The Labute approximate surface area is 306 Å². The number of rotatable bonds is 6. The summed E-state index contributed by atoms with van der Waals surface area (Å²) in [4.78, 5) is 2.33. The zero-order valence-electron chi connectivity index (χ0n) is 28.7. The van der Waals surface area contributed by atoms with E-state index in [-0.39, 0.29) is 5.82 Å². The Morgan fingerprint density at radius 3 is 1.70 bits per heavy atom. The summed E-state index contributed by atoms with van der Waals surface area (Å²) in [6, 6.07) is 66.7. The standard InChI is InChI=1S/C50H32FNO/c51-37-27-23-34(24-28-37)40-18-8-13-36-14-9-19-41(49(36)40)35-25-29-38(30-26-35)52(47-21-10-20-45-44-17-6-7-22-48(44)53-50(45)47)46-32-31-39(33-11-2-1-3-12-33)42-15-4-5-16-43(42)46/h1-32H. The lowest BCUT2D eigenvalue weighted by atomic mass is 9.91. The molecular weight excluding hydrogens is 650 g/mol.